The summed E-state index contributed by atoms with van der Waals surface area (Å²) in [6.07, 6.45) is 9.36. The van der Waals surface area contributed by atoms with Gasteiger partial charge >= 0.3 is 0 Å². The minimum absolute atomic E-state index is 0.0150. The van der Waals surface area contributed by atoms with Gasteiger partial charge in [-0.2, -0.15) is 4.98 Å². The Balaban J connectivity index is 1.32. The monoisotopic (exact) mass is 433 g/mol. The highest BCUT2D eigenvalue weighted by Gasteiger charge is 2.21. The first-order valence-electron chi connectivity index (χ1n) is 11.8. The van der Waals surface area contributed by atoms with Crippen LogP contribution in [0.2, 0.25) is 0 Å². The van der Waals surface area contributed by atoms with E-state index in [0.29, 0.717) is 24.1 Å². The fourth-order valence-corrected chi connectivity index (χ4v) is 5.16. The Morgan fingerprint density at radius 3 is 2.47 bits per heavy atom. The van der Waals surface area contributed by atoms with E-state index in [4.69, 9.17) is 10.1 Å². The van der Waals surface area contributed by atoms with E-state index >= 15 is 0 Å². The summed E-state index contributed by atoms with van der Waals surface area (Å²) >= 11 is 0. The van der Waals surface area contributed by atoms with Gasteiger partial charge in [-0.25, -0.2) is 4.98 Å². The molecule has 0 unspecified atom stereocenters. The van der Waals surface area contributed by atoms with Gasteiger partial charge in [-0.3, -0.25) is 9.36 Å². The molecule has 7 nitrogen and oxygen atoms in total. The highest BCUT2D eigenvalue weighted by Crippen LogP contribution is 2.31. The molecule has 2 fully saturated rings. The topological polar surface area (TPSA) is 83.3 Å². The number of pyridine rings is 1. The van der Waals surface area contributed by atoms with Gasteiger partial charge in [0.1, 0.15) is 5.65 Å². The van der Waals surface area contributed by atoms with Crippen molar-refractivity contribution in [3.05, 3.63) is 52.9 Å². The fourth-order valence-electron chi connectivity index (χ4n) is 5.16. The van der Waals surface area contributed by atoms with Gasteiger partial charge in [0.15, 0.2) is 0 Å². The fraction of sp³-hybridized carbons (Fsp3) is 0.480. The molecule has 2 N–H and O–H groups in total. The molecule has 5 rings (SSSR count). The second-order valence-corrected chi connectivity index (χ2v) is 9.07. The molecule has 1 saturated heterocycles. The van der Waals surface area contributed by atoms with E-state index < -0.39 is 0 Å². The van der Waals surface area contributed by atoms with Gasteiger partial charge in [0, 0.05) is 54.8 Å². The largest absolute Gasteiger partial charge is 0.396 e. The average Bonchev–Trinajstić information content (AvgIpc) is 3.35. The molecule has 32 heavy (non-hydrogen) atoms. The molecule has 3 aromatic rings. The molecule has 1 aliphatic carbocycles. The van der Waals surface area contributed by atoms with E-state index in [1.54, 1.807) is 12.3 Å². The van der Waals surface area contributed by atoms with Crippen molar-refractivity contribution < 1.29 is 5.11 Å². The van der Waals surface area contributed by atoms with Crippen molar-refractivity contribution in [3.8, 4) is 0 Å². The molecule has 168 valence electrons. The van der Waals surface area contributed by atoms with Crippen LogP contribution in [0, 0.1) is 5.92 Å². The van der Waals surface area contributed by atoms with Gasteiger partial charge in [-0.05, 0) is 68.4 Å². The van der Waals surface area contributed by atoms with Crippen molar-refractivity contribution in [2.45, 2.75) is 51.0 Å². The van der Waals surface area contributed by atoms with Crippen LogP contribution in [0.5, 0.6) is 0 Å². The Morgan fingerprint density at radius 2 is 1.75 bits per heavy atom. The normalized spacial score (nSPS) is 17.8. The summed E-state index contributed by atoms with van der Waals surface area (Å²) in [5.74, 6) is 1.15. The Kier molecular flexibility index (Phi) is 6.08. The first-order valence-corrected chi connectivity index (χ1v) is 11.8. The molecule has 2 aliphatic rings. The highest BCUT2D eigenvalue weighted by atomic mass is 16.3. The minimum atomic E-state index is 0.0150. The van der Waals surface area contributed by atoms with Gasteiger partial charge in [-0.1, -0.05) is 12.8 Å². The maximum atomic E-state index is 12.6. The lowest BCUT2D eigenvalue weighted by Crippen LogP contribution is -2.33. The number of hydrogen-bond acceptors (Lipinski definition) is 6. The molecule has 7 heteroatoms. The number of anilines is 3. The number of nitrogens with one attached hydrogen (secondary N) is 1. The molecule has 1 aromatic carbocycles. The van der Waals surface area contributed by atoms with Gasteiger partial charge in [-0.15, -0.1) is 0 Å². The third kappa shape index (κ3) is 4.35. The number of hydrogen-bond donors (Lipinski definition) is 2. The predicted molar refractivity (Wildman–Crippen MR) is 128 cm³/mol. The zero-order valence-electron chi connectivity index (χ0n) is 18.4. The average molecular weight is 434 g/mol. The molecule has 0 radical (unpaired) electrons. The number of rotatable bonds is 6. The van der Waals surface area contributed by atoms with E-state index in [0.717, 1.165) is 69.1 Å². The van der Waals surface area contributed by atoms with Crippen molar-refractivity contribution in [1.29, 1.82) is 0 Å². The third-order valence-corrected chi connectivity index (χ3v) is 7.00. The van der Waals surface area contributed by atoms with E-state index in [-0.39, 0.29) is 11.6 Å². The van der Waals surface area contributed by atoms with Crippen LogP contribution in [0.4, 0.5) is 17.3 Å². The Morgan fingerprint density at radius 1 is 1.00 bits per heavy atom. The van der Waals surface area contributed by atoms with Crippen LogP contribution >= 0.6 is 0 Å². The SMILES string of the molecule is O=c1ccc2cnc(Nc3ccc(N4CCC(CCO)CC4)cc3)nc2n1C1CCCC1. The zero-order valence-corrected chi connectivity index (χ0v) is 18.4. The number of fused-ring (bicyclic) bond motifs is 1. The quantitative estimate of drug-likeness (QED) is 0.605. The number of nitrogens with zero attached hydrogens (tertiary/aromatic N) is 4. The lowest BCUT2D eigenvalue weighted by atomic mass is 9.93. The Hall–Kier alpha value is -2.93. The van der Waals surface area contributed by atoms with Gasteiger partial charge < -0.3 is 15.3 Å². The molecule has 3 heterocycles. The van der Waals surface area contributed by atoms with Crippen molar-refractivity contribution >= 4 is 28.4 Å². The highest BCUT2D eigenvalue weighted by molar-refractivity contribution is 5.76. The molecule has 0 amide bonds. The van der Waals surface area contributed by atoms with Crippen LogP contribution in [0.25, 0.3) is 11.0 Å². The van der Waals surface area contributed by atoms with Crippen molar-refractivity contribution in [3.63, 3.8) is 0 Å². The smallest absolute Gasteiger partial charge is 0.252 e. The van der Waals surface area contributed by atoms with Crippen molar-refractivity contribution in [1.82, 2.24) is 14.5 Å². The molecule has 0 atom stereocenters. The third-order valence-electron chi connectivity index (χ3n) is 7.00. The van der Waals surface area contributed by atoms with Crippen LogP contribution in [0.3, 0.4) is 0 Å². The van der Waals surface area contributed by atoms with Crippen LogP contribution < -0.4 is 15.8 Å². The van der Waals surface area contributed by atoms with E-state index in [2.05, 4.69) is 39.5 Å². The van der Waals surface area contributed by atoms with Crippen LogP contribution in [-0.4, -0.2) is 39.3 Å². The van der Waals surface area contributed by atoms with Crippen LogP contribution in [-0.2, 0) is 0 Å². The van der Waals surface area contributed by atoms with Crippen LogP contribution in [0.1, 0.15) is 51.0 Å². The lowest BCUT2D eigenvalue weighted by Gasteiger charge is -2.33. The lowest BCUT2D eigenvalue weighted by molar-refractivity contribution is 0.240. The first-order chi connectivity index (χ1) is 15.7. The van der Waals surface area contributed by atoms with Gasteiger partial charge in [0.2, 0.25) is 5.95 Å². The summed E-state index contributed by atoms with van der Waals surface area (Å²) in [5.41, 5.74) is 2.87. The second-order valence-electron chi connectivity index (χ2n) is 9.07. The van der Waals surface area contributed by atoms with Crippen molar-refractivity contribution in [2.24, 2.45) is 5.92 Å². The number of aliphatic hydroxyl groups is 1. The molecular formula is C25H31N5O2. The molecule has 2 aromatic heterocycles. The molecule has 0 bridgehead atoms. The molecule has 0 spiro atoms. The summed E-state index contributed by atoms with van der Waals surface area (Å²) in [4.78, 5) is 24.2. The Bertz CT molecular complexity index is 1110. The summed E-state index contributed by atoms with van der Waals surface area (Å²) in [7, 11) is 0. The zero-order chi connectivity index (χ0) is 21.9. The first kappa shape index (κ1) is 20.9. The standard InChI is InChI=1S/C25H31N5O2/c31-16-13-18-11-14-29(15-12-18)21-8-6-20(7-9-21)27-25-26-17-19-5-10-23(32)30(24(19)28-25)22-3-1-2-4-22/h5-10,17-18,22,31H,1-4,11-16H2,(H,26,27,28). The molecule has 1 aliphatic heterocycles. The predicted octanol–water partition coefficient (Wildman–Crippen LogP) is 4.25. The summed E-state index contributed by atoms with van der Waals surface area (Å²) in [6.45, 7) is 2.35. The van der Waals surface area contributed by atoms with Gasteiger partial charge in [0.05, 0.1) is 0 Å². The van der Waals surface area contributed by atoms with Crippen LogP contribution in [0.15, 0.2) is 47.4 Å². The number of aromatic nitrogens is 3. The maximum Gasteiger partial charge on any atom is 0.252 e. The number of piperidine rings is 1. The minimum Gasteiger partial charge on any atom is -0.396 e. The van der Waals surface area contributed by atoms with E-state index in [1.165, 1.54) is 5.69 Å². The molecular weight excluding hydrogens is 402 g/mol. The second kappa shape index (κ2) is 9.28. The number of benzene rings is 1. The summed E-state index contributed by atoms with van der Waals surface area (Å²) in [6, 6.07) is 12.0. The summed E-state index contributed by atoms with van der Waals surface area (Å²) in [5, 5.41) is 13.3. The Labute approximate surface area is 188 Å². The maximum absolute atomic E-state index is 12.6. The van der Waals surface area contributed by atoms with Gasteiger partial charge in [0.25, 0.3) is 5.56 Å². The van der Waals surface area contributed by atoms with E-state index in [1.807, 2.05) is 10.6 Å². The van der Waals surface area contributed by atoms with E-state index in [9.17, 15) is 4.79 Å². The number of aliphatic hydroxyl groups excluding tert-OH is 1. The van der Waals surface area contributed by atoms with Crippen molar-refractivity contribution in [2.75, 3.05) is 29.9 Å². The molecule has 1 saturated carbocycles. The summed E-state index contributed by atoms with van der Waals surface area (Å²) < 4.78 is 1.86.